The maximum absolute atomic E-state index is 13.2. The van der Waals surface area contributed by atoms with Gasteiger partial charge in [0.25, 0.3) is 0 Å². The molecule has 33 heavy (non-hydrogen) atoms. The number of ether oxygens (including phenoxy) is 1. The van der Waals surface area contributed by atoms with Gasteiger partial charge in [0, 0.05) is 37.9 Å². The second kappa shape index (κ2) is 10.5. The average molecular weight is 443 g/mol. The largest absolute Gasteiger partial charge is 0.489 e. The van der Waals surface area contributed by atoms with Crippen LogP contribution >= 0.6 is 0 Å². The summed E-state index contributed by atoms with van der Waals surface area (Å²) >= 11 is 0. The van der Waals surface area contributed by atoms with Gasteiger partial charge in [-0.1, -0.05) is 23.4 Å². The first-order chi connectivity index (χ1) is 16.1. The highest BCUT2D eigenvalue weighted by Crippen LogP contribution is 2.19. The summed E-state index contributed by atoms with van der Waals surface area (Å²) in [5.74, 6) is 1.54. The van der Waals surface area contributed by atoms with E-state index in [0.717, 1.165) is 39.5 Å². The first-order valence-corrected chi connectivity index (χ1v) is 10.8. The van der Waals surface area contributed by atoms with Gasteiger partial charge in [-0.05, 0) is 60.9 Å². The van der Waals surface area contributed by atoms with Crippen LogP contribution in [0, 0.1) is 13.8 Å². The lowest BCUT2D eigenvalue weighted by molar-refractivity contribution is -0.131. The van der Waals surface area contributed by atoms with E-state index in [0.29, 0.717) is 26.1 Å². The van der Waals surface area contributed by atoms with Crippen LogP contribution < -0.4 is 4.74 Å². The van der Waals surface area contributed by atoms with Crippen molar-refractivity contribution in [2.75, 3.05) is 0 Å². The van der Waals surface area contributed by atoms with E-state index in [-0.39, 0.29) is 5.91 Å². The summed E-state index contributed by atoms with van der Waals surface area (Å²) in [7, 11) is 0. The van der Waals surface area contributed by atoms with Gasteiger partial charge in [0.05, 0.1) is 17.7 Å². The Morgan fingerprint density at radius 1 is 0.909 bits per heavy atom. The second-order valence-electron chi connectivity index (χ2n) is 7.88. The smallest absolute Gasteiger partial charge is 0.227 e. The molecule has 7 nitrogen and oxygen atoms in total. The Morgan fingerprint density at radius 2 is 1.67 bits per heavy atom. The molecule has 0 unspecified atom stereocenters. The first kappa shape index (κ1) is 22.2. The SMILES string of the molecule is Cc1noc(C)c1COc1ccc(CC(=O)N(Cc2ccncc2)Cc2cccnc2)cc1. The first-order valence-electron chi connectivity index (χ1n) is 10.8. The molecule has 0 spiro atoms. The molecule has 7 heteroatoms. The number of hydrogen-bond acceptors (Lipinski definition) is 6. The number of aryl methyl sites for hydroxylation is 2. The van der Waals surface area contributed by atoms with Crippen LogP contribution in [-0.2, 0) is 30.9 Å². The van der Waals surface area contributed by atoms with E-state index in [4.69, 9.17) is 9.26 Å². The molecule has 3 heterocycles. The molecule has 0 aliphatic rings. The molecule has 0 fully saturated rings. The molecule has 3 aromatic heterocycles. The summed E-state index contributed by atoms with van der Waals surface area (Å²) in [4.78, 5) is 23.3. The molecule has 0 N–H and O–H groups in total. The number of pyridine rings is 2. The molecule has 1 aromatic carbocycles. The fraction of sp³-hybridized carbons (Fsp3) is 0.231. The highest BCUT2D eigenvalue weighted by atomic mass is 16.5. The molecule has 1 amide bonds. The lowest BCUT2D eigenvalue weighted by Crippen LogP contribution is -2.31. The number of rotatable bonds is 9. The third kappa shape index (κ3) is 6.04. The van der Waals surface area contributed by atoms with Crippen LogP contribution in [0.25, 0.3) is 0 Å². The lowest BCUT2D eigenvalue weighted by Gasteiger charge is -2.23. The van der Waals surface area contributed by atoms with Crippen molar-refractivity contribution in [1.82, 2.24) is 20.0 Å². The zero-order valence-corrected chi connectivity index (χ0v) is 18.8. The van der Waals surface area contributed by atoms with Gasteiger partial charge in [-0.3, -0.25) is 14.8 Å². The molecule has 0 atom stereocenters. The summed E-state index contributed by atoms with van der Waals surface area (Å²) in [6.07, 6.45) is 7.30. The van der Waals surface area contributed by atoms with Crippen LogP contribution in [0.4, 0.5) is 0 Å². The molecular weight excluding hydrogens is 416 g/mol. The summed E-state index contributed by atoms with van der Waals surface area (Å²) < 4.78 is 11.0. The van der Waals surface area contributed by atoms with Crippen LogP contribution in [-0.4, -0.2) is 25.9 Å². The fourth-order valence-corrected chi connectivity index (χ4v) is 3.51. The zero-order chi connectivity index (χ0) is 23.0. The number of carbonyl (C=O) groups excluding carboxylic acids is 1. The zero-order valence-electron chi connectivity index (χ0n) is 18.8. The Balaban J connectivity index is 1.41. The Morgan fingerprint density at radius 3 is 2.33 bits per heavy atom. The standard InChI is InChI=1S/C26H26N4O3/c1-19-25(20(2)33-29-19)18-32-24-7-5-21(6-8-24)14-26(31)30(16-22-9-12-27-13-10-22)17-23-4-3-11-28-15-23/h3-13,15H,14,16-18H2,1-2H3. The van der Waals surface area contributed by atoms with Crippen molar-refractivity contribution in [1.29, 1.82) is 0 Å². The fourth-order valence-electron chi connectivity index (χ4n) is 3.51. The third-order valence-corrected chi connectivity index (χ3v) is 5.41. The van der Waals surface area contributed by atoms with Gasteiger partial charge in [0.15, 0.2) is 0 Å². The molecule has 0 radical (unpaired) electrons. The maximum Gasteiger partial charge on any atom is 0.227 e. The Hall–Kier alpha value is -4.00. The van der Waals surface area contributed by atoms with Gasteiger partial charge in [-0.15, -0.1) is 0 Å². The molecule has 0 aliphatic carbocycles. The molecule has 4 rings (SSSR count). The van der Waals surface area contributed by atoms with Gasteiger partial charge in [-0.2, -0.15) is 0 Å². The van der Waals surface area contributed by atoms with Gasteiger partial charge in [0.1, 0.15) is 18.1 Å². The average Bonchev–Trinajstić information content (AvgIpc) is 3.16. The summed E-state index contributed by atoms with van der Waals surface area (Å²) in [6.45, 7) is 5.16. The number of nitrogens with zero attached hydrogens (tertiary/aromatic N) is 4. The predicted molar refractivity (Wildman–Crippen MR) is 123 cm³/mol. The molecule has 0 bridgehead atoms. The topological polar surface area (TPSA) is 81.4 Å². The highest BCUT2D eigenvalue weighted by molar-refractivity contribution is 5.78. The van der Waals surface area contributed by atoms with Crippen molar-refractivity contribution in [2.45, 2.75) is 40.0 Å². The molecule has 0 aliphatic heterocycles. The van der Waals surface area contributed by atoms with Crippen molar-refractivity contribution >= 4 is 5.91 Å². The van der Waals surface area contributed by atoms with E-state index in [2.05, 4.69) is 15.1 Å². The van der Waals surface area contributed by atoms with Crippen LogP contribution in [0.1, 0.15) is 33.7 Å². The number of carbonyl (C=O) groups is 1. The van der Waals surface area contributed by atoms with Crippen molar-refractivity contribution in [3.8, 4) is 5.75 Å². The Labute approximate surface area is 193 Å². The van der Waals surface area contributed by atoms with E-state index < -0.39 is 0 Å². The van der Waals surface area contributed by atoms with Gasteiger partial charge < -0.3 is 14.2 Å². The second-order valence-corrected chi connectivity index (χ2v) is 7.88. The van der Waals surface area contributed by atoms with Crippen molar-refractivity contribution in [2.24, 2.45) is 0 Å². The van der Waals surface area contributed by atoms with Crippen LogP contribution in [0.2, 0.25) is 0 Å². The molecule has 168 valence electrons. The van der Waals surface area contributed by atoms with Gasteiger partial charge >= 0.3 is 0 Å². The minimum Gasteiger partial charge on any atom is -0.489 e. The van der Waals surface area contributed by atoms with E-state index in [1.807, 2.05) is 67.3 Å². The molecule has 0 saturated carbocycles. The van der Waals surface area contributed by atoms with E-state index in [9.17, 15) is 4.79 Å². The molecular formula is C26H26N4O3. The minimum absolute atomic E-state index is 0.0417. The van der Waals surface area contributed by atoms with Crippen LogP contribution in [0.15, 0.2) is 77.8 Å². The van der Waals surface area contributed by atoms with E-state index in [1.54, 1.807) is 24.8 Å². The monoisotopic (exact) mass is 442 g/mol. The van der Waals surface area contributed by atoms with Crippen LogP contribution in [0.5, 0.6) is 5.75 Å². The molecule has 0 saturated heterocycles. The van der Waals surface area contributed by atoms with Crippen LogP contribution in [0.3, 0.4) is 0 Å². The highest BCUT2D eigenvalue weighted by Gasteiger charge is 2.16. The number of amides is 1. The van der Waals surface area contributed by atoms with E-state index >= 15 is 0 Å². The molecule has 4 aromatic rings. The Kier molecular flexibility index (Phi) is 7.09. The number of aromatic nitrogens is 3. The Bertz CT molecular complexity index is 1110. The normalized spacial score (nSPS) is 10.7. The summed E-state index contributed by atoms with van der Waals surface area (Å²) in [5.41, 5.74) is 4.73. The quantitative estimate of drug-likeness (QED) is 0.381. The van der Waals surface area contributed by atoms with Gasteiger partial charge in [-0.25, -0.2) is 0 Å². The minimum atomic E-state index is 0.0417. The number of hydrogen-bond donors (Lipinski definition) is 0. The number of benzene rings is 1. The summed E-state index contributed by atoms with van der Waals surface area (Å²) in [5, 5.41) is 3.95. The van der Waals surface area contributed by atoms with E-state index in [1.165, 1.54) is 0 Å². The van der Waals surface area contributed by atoms with Crippen molar-refractivity contribution in [3.63, 3.8) is 0 Å². The van der Waals surface area contributed by atoms with Crippen molar-refractivity contribution < 1.29 is 14.1 Å². The summed E-state index contributed by atoms with van der Waals surface area (Å²) in [6, 6.07) is 15.3. The van der Waals surface area contributed by atoms with Gasteiger partial charge in [0.2, 0.25) is 5.91 Å². The third-order valence-electron chi connectivity index (χ3n) is 5.41. The maximum atomic E-state index is 13.2. The lowest BCUT2D eigenvalue weighted by atomic mass is 10.1. The predicted octanol–water partition coefficient (Wildman–Crippen LogP) is 4.43. The van der Waals surface area contributed by atoms with Crippen molar-refractivity contribution in [3.05, 3.63) is 107 Å².